The second-order valence-electron chi connectivity index (χ2n) is 4.49. The van der Waals surface area contributed by atoms with Crippen LogP contribution in [-0.4, -0.2) is 0 Å². The lowest BCUT2D eigenvalue weighted by Gasteiger charge is -2.16. The van der Waals surface area contributed by atoms with E-state index < -0.39 is 11.7 Å². The van der Waals surface area contributed by atoms with Gasteiger partial charge in [-0.3, -0.25) is 0 Å². The van der Waals surface area contributed by atoms with Gasteiger partial charge in [-0.15, -0.1) is 0 Å². The van der Waals surface area contributed by atoms with Crippen molar-refractivity contribution in [3.8, 4) is 0 Å². The second-order valence-corrected chi connectivity index (χ2v) is 5.74. The highest BCUT2D eigenvalue weighted by atomic mass is 127. The number of anilines is 1. The van der Waals surface area contributed by atoms with Crippen molar-refractivity contribution in [2.24, 2.45) is 0 Å². The Labute approximate surface area is 129 Å². The molecule has 2 rings (SSSR count). The van der Waals surface area contributed by atoms with Crippen LogP contribution < -0.4 is 5.32 Å². The molecule has 5 heteroatoms. The standard InChI is InChI=1S/C15H13F3IN/c1-10(11-2-6-13(19)7-3-11)20-14-8-4-12(5-9-14)15(16,17)18/h2-10,20H,1H3. The molecule has 0 aromatic heterocycles. The fourth-order valence-corrected chi connectivity index (χ4v) is 2.20. The van der Waals surface area contributed by atoms with Gasteiger partial charge in [0.2, 0.25) is 0 Å². The lowest BCUT2D eigenvalue weighted by atomic mass is 10.1. The van der Waals surface area contributed by atoms with Gasteiger partial charge in [0.15, 0.2) is 0 Å². The number of alkyl halides is 3. The molecule has 0 radical (unpaired) electrons. The van der Waals surface area contributed by atoms with E-state index in [4.69, 9.17) is 0 Å². The molecule has 0 aliphatic heterocycles. The summed E-state index contributed by atoms with van der Waals surface area (Å²) in [4.78, 5) is 0. The number of nitrogens with one attached hydrogen (secondary N) is 1. The Morgan fingerprint density at radius 3 is 2.00 bits per heavy atom. The number of halogens is 4. The van der Waals surface area contributed by atoms with Crippen molar-refractivity contribution in [2.75, 3.05) is 5.32 Å². The van der Waals surface area contributed by atoms with Crippen molar-refractivity contribution < 1.29 is 13.2 Å². The smallest absolute Gasteiger partial charge is 0.379 e. The molecule has 1 N–H and O–H groups in total. The summed E-state index contributed by atoms with van der Waals surface area (Å²) in [6, 6.07) is 13.1. The van der Waals surface area contributed by atoms with Crippen LogP contribution in [0.2, 0.25) is 0 Å². The molecule has 0 fully saturated rings. The first-order valence-electron chi connectivity index (χ1n) is 6.05. The van der Waals surface area contributed by atoms with Crippen molar-refractivity contribution in [1.29, 1.82) is 0 Å². The lowest BCUT2D eigenvalue weighted by Crippen LogP contribution is -2.08. The van der Waals surface area contributed by atoms with Crippen LogP contribution in [0.25, 0.3) is 0 Å². The van der Waals surface area contributed by atoms with Crippen LogP contribution in [0, 0.1) is 3.57 Å². The molecule has 0 aliphatic carbocycles. The van der Waals surface area contributed by atoms with Crippen LogP contribution in [-0.2, 0) is 6.18 Å². The van der Waals surface area contributed by atoms with Crippen LogP contribution in [0.1, 0.15) is 24.1 Å². The zero-order valence-corrected chi connectivity index (χ0v) is 12.9. The van der Waals surface area contributed by atoms with Gasteiger partial charge in [0, 0.05) is 15.3 Å². The quantitative estimate of drug-likeness (QED) is 0.683. The number of rotatable bonds is 3. The topological polar surface area (TPSA) is 12.0 Å². The molecular weight excluding hydrogens is 378 g/mol. The maximum Gasteiger partial charge on any atom is 0.416 e. The van der Waals surface area contributed by atoms with Crippen molar-refractivity contribution in [3.05, 3.63) is 63.2 Å². The van der Waals surface area contributed by atoms with Gasteiger partial charge in [-0.25, -0.2) is 0 Å². The molecule has 1 nitrogen and oxygen atoms in total. The molecule has 0 bridgehead atoms. The first kappa shape index (κ1) is 15.2. The Morgan fingerprint density at radius 2 is 1.50 bits per heavy atom. The summed E-state index contributed by atoms with van der Waals surface area (Å²) in [5, 5.41) is 3.19. The van der Waals surface area contributed by atoms with E-state index >= 15 is 0 Å². The van der Waals surface area contributed by atoms with E-state index in [1.54, 1.807) is 0 Å². The van der Waals surface area contributed by atoms with Gasteiger partial charge in [-0.2, -0.15) is 13.2 Å². The normalized spacial score (nSPS) is 13.1. The molecule has 106 valence electrons. The van der Waals surface area contributed by atoms with Crippen LogP contribution in [0.15, 0.2) is 48.5 Å². The summed E-state index contributed by atoms with van der Waals surface area (Å²) in [6.45, 7) is 1.97. The van der Waals surface area contributed by atoms with Crippen molar-refractivity contribution in [2.45, 2.75) is 19.1 Å². The molecule has 0 aliphatic rings. The maximum absolute atomic E-state index is 12.5. The highest BCUT2D eigenvalue weighted by Crippen LogP contribution is 2.30. The zero-order valence-electron chi connectivity index (χ0n) is 10.7. The Kier molecular flexibility index (Phi) is 4.57. The number of hydrogen-bond acceptors (Lipinski definition) is 1. The molecule has 0 heterocycles. The van der Waals surface area contributed by atoms with E-state index in [9.17, 15) is 13.2 Å². The molecular formula is C15H13F3IN. The van der Waals surface area contributed by atoms with Gasteiger partial charge < -0.3 is 5.32 Å². The summed E-state index contributed by atoms with van der Waals surface area (Å²) in [7, 11) is 0. The van der Waals surface area contributed by atoms with Gasteiger partial charge in [0.05, 0.1) is 5.56 Å². The molecule has 0 spiro atoms. The first-order valence-corrected chi connectivity index (χ1v) is 7.13. The maximum atomic E-state index is 12.5. The van der Waals surface area contributed by atoms with Crippen molar-refractivity contribution in [3.63, 3.8) is 0 Å². The average Bonchev–Trinajstić information content (AvgIpc) is 2.39. The second kappa shape index (κ2) is 6.03. The third kappa shape index (κ3) is 3.88. The van der Waals surface area contributed by atoms with Gasteiger partial charge in [0.1, 0.15) is 0 Å². The molecule has 0 saturated heterocycles. The average molecular weight is 391 g/mol. The van der Waals surface area contributed by atoms with Gasteiger partial charge >= 0.3 is 6.18 Å². The summed E-state index contributed by atoms with van der Waals surface area (Å²) in [5.74, 6) is 0. The predicted molar refractivity (Wildman–Crippen MR) is 82.6 cm³/mol. The monoisotopic (exact) mass is 391 g/mol. The minimum Gasteiger partial charge on any atom is -0.379 e. The van der Waals surface area contributed by atoms with Gasteiger partial charge in [0.25, 0.3) is 0 Å². The Morgan fingerprint density at radius 1 is 0.950 bits per heavy atom. The molecule has 0 amide bonds. The summed E-state index contributed by atoms with van der Waals surface area (Å²) in [6.07, 6.45) is -4.29. The minimum atomic E-state index is -4.29. The van der Waals surface area contributed by atoms with Gasteiger partial charge in [-0.1, -0.05) is 12.1 Å². The van der Waals surface area contributed by atoms with Crippen molar-refractivity contribution >= 4 is 28.3 Å². The van der Waals surface area contributed by atoms with E-state index in [1.807, 2.05) is 31.2 Å². The molecule has 2 aromatic carbocycles. The molecule has 2 aromatic rings. The van der Waals surface area contributed by atoms with E-state index in [0.717, 1.165) is 21.3 Å². The van der Waals surface area contributed by atoms with Crippen LogP contribution >= 0.6 is 22.6 Å². The summed E-state index contributed by atoms with van der Waals surface area (Å²) in [5.41, 5.74) is 1.12. The van der Waals surface area contributed by atoms with Crippen molar-refractivity contribution in [1.82, 2.24) is 0 Å². The minimum absolute atomic E-state index is 0.0312. The van der Waals surface area contributed by atoms with E-state index in [2.05, 4.69) is 27.9 Å². The largest absolute Gasteiger partial charge is 0.416 e. The SMILES string of the molecule is CC(Nc1ccc(C(F)(F)F)cc1)c1ccc(I)cc1. The van der Waals surface area contributed by atoms with Gasteiger partial charge in [-0.05, 0) is 71.5 Å². The molecule has 1 unspecified atom stereocenters. The van der Waals surface area contributed by atoms with E-state index in [1.165, 1.54) is 12.1 Å². The third-order valence-electron chi connectivity index (χ3n) is 2.97. The Hall–Kier alpha value is -1.24. The van der Waals surface area contributed by atoms with Crippen LogP contribution in [0.3, 0.4) is 0 Å². The Bertz CT molecular complexity index is 561. The molecule has 1 atom stereocenters. The third-order valence-corrected chi connectivity index (χ3v) is 3.68. The molecule has 20 heavy (non-hydrogen) atoms. The predicted octanol–water partition coefficient (Wildman–Crippen LogP) is 5.48. The fraction of sp³-hybridized carbons (Fsp3) is 0.200. The number of hydrogen-bond donors (Lipinski definition) is 1. The summed E-state index contributed by atoms with van der Waals surface area (Å²) < 4.78 is 38.5. The highest BCUT2D eigenvalue weighted by Gasteiger charge is 2.29. The number of benzene rings is 2. The fourth-order valence-electron chi connectivity index (χ4n) is 1.84. The molecule has 0 saturated carbocycles. The highest BCUT2D eigenvalue weighted by molar-refractivity contribution is 14.1. The lowest BCUT2D eigenvalue weighted by molar-refractivity contribution is -0.137. The Balaban J connectivity index is 2.08. The van der Waals surface area contributed by atoms with Crippen LogP contribution in [0.4, 0.5) is 18.9 Å². The first-order chi connectivity index (χ1) is 9.36. The van der Waals surface area contributed by atoms with E-state index in [0.29, 0.717) is 5.69 Å². The summed E-state index contributed by atoms with van der Waals surface area (Å²) >= 11 is 2.23. The zero-order chi connectivity index (χ0) is 14.8. The van der Waals surface area contributed by atoms with E-state index in [-0.39, 0.29) is 6.04 Å². The van der Waals surface area contributed by atoms with Crippen LogP contribution in [0.5, 0.6) is 0 Å².